The number of hydrogen-bond donors (Lipinski definition) is 1. The average Bonchev–Trinajstić information content (AvgIpc) is 3.13. The van der Waals surface area contributed by atoms with Gasteiger partial charge >= 0.3 is 0 Å². The molecule has 9 heteroatoms. The van der Waals surface area contributed by atoms with E-state index in [9.17, 15) is 0 Å². The number of benzene rings is 1. The first-order valence-electron chi connectivity index (χ1n) is 6.00. The fourth-order valence-electron chi connectivity index (χ4n) is 1.47. The summed E-state index contributed by atoms with van der Waals surface area (Å²) >= 11 is 2.78. The molecule has 0 spiro atoms. The summed E-state index contributed by atoms with van der Waals surface area (Å²) in [5.74, 6) is 2.23. The molecule has 1 aromatic carbocycles. The number of para-hydroxylation sites is 1. The molecule has 0 amide bonds. The van der Waals surface area contributed by atoms with Gasteiger partial charge in [-0.25, -0.2) is 0 Å². The van der Waals surface area contributed by atoms with Gasteiger partial charge < -0.3 is 14.9 Å². The molecule has 2 heterocycles. The SMILES string of the molecule is Nc1nnc(SCc2nnc(COc3ccccc3)o2)s1. The summed E-state index contributed by atoms with van der Waals surface area (Å²) in [4.78, 5) is 0. The molecule has 0 aliphatic carbocycles. The predicted octanol–water partition coefficient (Wildman–Crippen LogP) is 2.37. The van der Waals surface area contributed by atoms with Crippen LogP contribution in [0.2, 0.25) is 0 Å². The fourth-order valence-corrected chi connectivity index (χ4v) is 2.94. The summed E-state index contributed by atoms with van der Waals surface area (Å²) in [7, 11) is 0. The molecule has 7 nitrogen and oxygen atoms in total. The van der Waals surface area contributed by atoms with Gasteiger partial charge in [0.25, 0.3) is 5.89 Å². The van der Waals surface area contributed by atoms with Crippen molar-refractivity contribution < 1.29 is 9.15 Å². The highest BCUT2D eigenvalue weighted by atomic mass is 32.2. The second-order valence-electron chi connectivity index (χ2n) is 3.89. The third-order valence-electron chi connectivity index (χ3n) is 2.36. The molecule has 2 aromatic heterocycles. The minimum absolute atomic E-state index is 0.243. The summed E-state index contributed by atoms with van der Waals surface area (Å²) in [6.45, 7) is 0.243. The van der Waals surface area contributed by atoms with Crippen LogP contribution >= 0.6 is 23.1 Å². The molecule has 0 saturated carbocycles. The highest BCUT2D eigenvalue weighted by Crippen LogP contribution is 2.26. The third kappa shape index (κ3) is 3.92. The van der Waals surface area contributed by atoms with Gasteiger partial charge in [0, 0.05) is 0 Å². The van der Waals surface area contributed by atoms with Crippen LogP contribution in [0.4, 0.5) is 5.13 Å². The van der Waals surface area contributed by atoms with E-state index in [1.54, 1.807) is 0 Å². The van der Waals surface area contributed by atoms with E-state index in [1.165, 1.54) is 23.1 Å². The van der Waals surface area contributed by atoms with E-state index >= 15 is 0 Å². The highest BCUT2D eigenvalue weighted by molar-refractivity contribution is 8.00. The van der Waals surface area contributed by atoms with Crippen molar-refractivity contribution in [3.8, 4) is 5.75 Å². The van der Waals surface area contributed by atoms with Crippen LogP contribution in [0.15, 0.2) is 39.1 Å². The summed E-state index contributed by atoms with van der Waals surface area (Å²) < 4.78 is 11.8. The van der Waals surface area contributed by atoms with Crippen molar-refractivity contribution in [1.29, 1.82) is 0 Å². The largest absolute Gasteiger partial charge is 0.484 e. The Hall–Kier alpha value is -2.13. The van der Waals surface area contributed by atoms with Crippen molar-refractivity contribution in [1.82, 2.24) is 20.4 Å². The first kappa shape index (κ1) is 13.8. The fraction of sp³-hybridized carbons (Fsp3) is 0.167. The monoisotopic (exact) mass is 321 g/mol. The Morgan fingerprint density at radius 2 is 1.90 bits per heavy atom. The Balaban J connectivity index is 1.51. The Kier molecular flexibility index (Phi) is 4.31. The van der Waals surface area contributed by atoms with Crippen LogP contribution in [0, 0.1) is 0 Å². The maximum absolute atomic E-state index is 5.53. The number of aromatic nitrogens is 4. The minimum Gasteiger partial charge on any atom is -0.484 e. The number of thioether (sulfide) groups is 1. The predicted molar refractivity (Wildman–Crippen MR) is 79.0 cm³/mol. The number of ether oxygens (including phenoxy) is 1. The molecule has 0 bridgehead atoms. The van der Waals surface area contributed by atoms with Gasteiger partial charge in [0.2, 0.25) is 11.0 Å². The summed E-state index contributed by atoms with van der Waals surface area (Å²) in [6.07, 6.45) is 0. The van der Waals surface area contributed by atoms with Crippen LogP contribution in [-0.2, 0) is 12.4 Å². The first-order chi connectivity index (χ1) is 10.3. The zero-order valence-corrected chi connectivity index (χ0v) is 12.4. The molecule has 3 aromatic rings. The van der Waals surface area contributed by atoms with Crippen LogP contribution in [0.3, 0.4) is 0 Å². The molecule has 0 aliphatic heterocycles. The topological polar surface area (TPSA) is 100.0 Å². The molecule has 0 atom stereocenters. The molecule has 21 heavy (non-hydrogen) atoms. The molecule has 2 N–H and O–H groups in total. The van der Waals surface area contributed by atoms with Gasteiger partial charge in [-0.2, -0.15) is 0 Å². The molecule has 0 saturated heterocycles. The normalized spacial score (nSPS) is 10.7. The average molecular weight is 321 g/mol. The lowest BCUT2D eigenvalue weighted by Gasteiger charge is -2.01. The van der Waals surface area contributed by atoms with Gasteiger partial charge in [0.05, 0.1) is 5.75 Å². The van der Waals surface area contributed by atoms with Gasteiger partial charge in [0.15, 0.2) is 10.9 Å². The molecule has 108 valence electrons. The number of rotatable bonds is 6. The second-order valence-corrected chi connectivity index (χ2v) is 6.12. The molecule has 0 unspecified atom stereocenters. The number of anilines is 1. The zero-order valence-electron chi connectivity index (χ0n) is 10.8. The van der Waals surface area contributed by atoms with Gasteiger partial charge in [-0.3, -0.25) is 0 Å². The molecular formula is C12H11N5O2S2. The molecular weight excluding hydrogens is 310 g/mol. The highest BCUT2D eigenvalue weighted by Gasteiger charge is 2.09. The third-order valence-corrected chi connectivity index (χ3v) is 4.23. The summed E-state index contributed by atoms with van der Waals surface area (Å²) in [5, 5.41) is 16.0. The van der Waals surface area contributed by atoms with E-state index in [2.05, 4.69) is 20.4 Å². The van der Waals surface area contributed by atoms with Crippen molar-refractivity contribution in [2.45, 2.75) is 16.7 Å². The number of hydrogen-bond acceptors (Lipinski definition) is 9. The van der Waals surface area contributed by atoms with Crippen molar-refractivity contribution >= 4 is 28.2 Å². The lowest BCUT2D eigenvalue weighted by Crippen LogP contribution is -1.95. The Labute approximate surface area is 128 Å². The van der Waals surface area contributed by atoms with E-state index in [4.69, 9.17) is 14.9 Å². The van der Waals surface area contributed by atoms with Crippen LogP contribution < -0.4 is 10.5 Å². The van der Waals surface area contributed by atoms with Gasteiger partial charge in [-0.05, 0) is 12.1 Å². The smallest absolute Gasteiger partial charge is 0.253 e. The van der Waals surface area contributed by atoms with Crippen LogP contribution in [0.25, 0.3) is 0 Å². The Bertz CT molecular complexity index is 701. The van der Waals surface area contributed by atoms with Crippen LogP contribution in [0.5, 0.6) is 5.75 Å². The molecule has 0 radical (unpaired) electrons. The van der Waals surface area contributed by atoms with E-state index in [-0.39, 0.29) is 6.61 Å². The van der Waals surface area contributed by atoms with Crippen molar-refractivity contribution in [2.75, 3.05) is 5.73 Å². The van der Waals surface area contributed by atoms with E-state index in [0.29, 0.717) is 22.7 Å². The minimum atomic E-state index is 0.243. The standard InChI is InChI=1S/C12H11N5O2S2/c13-11-16-17-12(21-11)20-7-10-15-14-9(19-10)6-18-8-4-2-1-3-5-8/h1-5H,6-7H2,(H2,13,16). The van der Waals surface area contributed by atoms with E-state index in [0.717, 1.165) is 10.1 Å². The lowest BCUT2D eigenvalue weighted by molar-refractivity contribution is 0.260. The van der Waals surface area contributed by atoms with Crippen molar-refractivity contribution in [3.63, 3.8) is 0 Å². The number of nitrogen functional groups attached to an aromatic ring is 1. The lowest BCUT2D eigenvalue weighted by atomic mass is 10.3. The van der Waals surface area contributed by atoms with Gasteiger partial charge in [-0.1, -0.05) is 41.3 Å². The van der Waals surface area contributed by atoms with Gasteiger partial charge in [0.1, 0.15) is 5.75 Å². The first-order valence-corrected chi connectivity index (χ1v) is 7.81. The number of nitrogens with two attached hydrogens (primary N) is 1. The second kappa shape index (κ2) is 6.55. The molecule has 0 fully saturated rings. The van der Waals surface area contributed by atoms with Crippen molar-refractivity contribution in [3.05, 3.63) is 42.1 Å². The van der Waals surface area contributed by atoms with E-state index < -0.39 is 0 Å². The zero-order chi connectivity index (χ0) is 14.5. The van der Waals surface area contributed by atoms with Crippen LogP contribution in [-0.4, -0.2) is 20.4 Å². The van der Waals surface area contributed by atoms with Crippen molar-refractivity contribution in [2.24, 2.45) is 0 Å². The number of nitrogens with zero attached hydrogens (tertiary/aromatic N) is 4. The molecule has 0 aliphatic rings. The van der Waals surface area contributed by atoms with Crippen LogP contribution in [0.1, 0.15) is 11.8 Å². The van der Waals surface area contributed by atoms with Gasteiger partial charge in [-0.15, -0.1) is 20.4 Å². The summed E-state index contributed by atoms with van der Waals surface area (Å²) in [5.41, 5.74) is 5.51. The maximum Gasteiger partial charge on any atom is 0.253 e. The Morgan fingerprint density at radius 3 is 2.67 bits per heavy atom. The van der Waals surface area contributed by atoms with E-state index in [1.807, 2.05) is 30.3 Å². The maximum atomic E-state index is 5.53. The quantitative estimate of drug-likeness (QED) is 0.691. The summed E-state index contributed by atoms with van der Waals surface area (Å²) in [6, 6.07) is 9.47. The Morgan fingerprint density at radius 1 is 1.10 bits per heavy atom. The molecule has 3 rings (SSSR count).